The number of nitrogens with zero attached hydrogens (tertiary/aromatic N) is 3. The van der Waals surface area contributed by atoms with Gasteiger partial charge in [-0.05, 0) is 24.3 Å². The Hall–Kier alpha value is -2.89. The maximum atomic E-state index is 11.1. The molecule has 0 aliphatic rings. The highest BCUT2D eigenvalue weighted by Crippen LogP contribution is 2.13. The molecule has 0 fully saturated rings. The van der Waals surface area contributed by atoms with Crippen LogP contribution in [0.1, 0.15) is 22.1 Å². The molecule has 100 valence electrons. The van der Waals surface area contributed by atoms with E-state index in [1.165, 1.54) is 12.3 Å². The van der Waals surface area contributed by atoms with Crippen molar-refractivity contribution in [3.8, 4) is 0 Å². The molecule has 2 aromatic heterocycles. The third kappa shape index (κ3) is 3.32. The van der Waals surface area contributed by atoms with Crippen molar-refractivity contribution in [2.45, 2.75) is 5.92 Å². The average Bonchev–Trinajstić information content (AvgIpc) is 2.49. The Kier molecular flexibility index (Phi) is 4.28. The number of rotatable bonds is 5. The lowest BCUT2D eigenvalue weighted by molar-refractivity contribution is 0.0995. The van der Waals surface area contributed by atoms with Crippen molar-refractivity contribution in [2.24, 2.45) is 10.7 Å². The summed E-state index contributed by atoms with van der Waals surface area (Å²) in [5.74, 6) is -1.02. The van der Waals surface area contributed by atoms with Crippen molar-refractivity contribution >= 4 is 24.0 Å². The van der Waals surface area contributed by atoms with Crippen LogP contribution in [0.3, 0.4) is 0 Å². The van der Waals surface area contributed by atoms with Gasteiger partial charge in [-0.15, -0.1) is 0 Å². The second kappa shape index (κ2) is 6.33. The van der Waals surface area contributed by atoms with Crippen LogP contribution in [0.2, 0.25) is 0 Å². The van der Waals surface area contributed by atoms with E-state index in [4.69, 9.17) is 11.1 Å². The second-order valence-electron chi connectivity index (χ2n) is 3.99. The summed E-state index contributed by atoms with van der Waals surface area (Å²) in [6.07, 6.45) is 6.06. The lowest BCUT2D eigenvalue weighted by atomic mass is 10.1. The van der Waals surface area contributed by atoms with Crippen molar-refractivity contribution in [3.63, 3.8) is 0 Å². The van der Waals surface area contributed by atoms with Gasteiger partial charge in [0.1, 0.15) is 5.69 Å². The summed E-state index contributed by atoms with van der Waals surface area (Å²) in [6.45, 7) is 0. The van der Waals surface area contributed by atoms with E-state index in [1.54, 1.807) is 42.9 Å². The molecule has 0 aliphatic heterocycles. The Labute approximate surface area is 115 Å². The molecular weight excluding hydrogens is 254 g/mol. The molecule has 2 heterocycles. The van der Waals surface area contributed by atoms with Crippen LogP contribution in [0.15, 0.2) is 47.7 Å². The molecule has 2 aromatic rings. The Morgan fingerprint density at radius 3 is 2.85 bits per heavy atom. The number of aromatic nitrogens is 2. The first-order valence-corrected chi connectivity index (χ1v) is 5.92. The summed E-state index contributed by atoms with van der Waals surface area (Å²) in [6, 6.07) is 8.51. The molecule has 0 radical (unpaired) electrons. The molecule has 1 unspecified atom stereocenters. The topological polar surface area (TPSA) is 105 Å². The molecule has 0 aromatic carbocycles. The van der Waals surface area contributed by atoms with Crippen LogP contribution in [-0.2, 0) is 0 Å². The van der Waals surface area contributed by atoms with E-state index in [0.29, 0.717) is 11.4 Å². The predicted molar refractivity (Wildman–Crippen MR) is 76.7 cm³/mol. The number of amides is 1. The van der Waals surface area contributed by atoms with Gasteiger partial charge in [0.05, 0.1) is 23.5 Å². The third-order valence-electron chi connectivity index (χ3n) is 2.57. The van der Waals surface area contributed by atoms with Gasteiger partial charge in [-0.25, -0.2) is 4.98 Å². The molecule has 1 amide bonds. The maximum absolute atomic E-state index is 11.1. The number of primary amides is 1. The number of aliphatic imine (C=N–C) groups is 1. The van der Waals surface area contributed by atoms with Gasteiger partial charge in [0.25, 0.3) is 5.91 Å². The average molecular weight is 267 g/mol. The number of carbonyl (C=O) groups is 1. The van der Waals surface area contributed by atoms with Gasteiger partial charge in [-0.3, -0.25) is 14.8 Å². The monoisotopic (exact) mass is 267 g/mol. The molecule has 6 nitrogen and oxygen atoms in total. The summed E-state index contributed by atoms with van der Waals surface area (Å²) in [7, 11) is 0. The van der Waals surface area contributed by atoms with E-state index in [-0.39, 0.29) is 5.69 Å². The van der Waals surface area contributed by atoms with Gasteiger partial charge in [0.15, 0.2) is 0 Å². The number of nitrogens with two attached hydrogens (primary N) is 1. The van der Waals surface area contributed by atoms with Crippen LogP contribution in [0.4, 0.5) is 5.69 Å². The third-order valence-corrected chi connectivity index (χ3v) is 2.57. The Bertz CT molecular complexity index is 639. The smallest absolute Gasteiger partial charge is 0.267 e. The minimum absolute atomic E-state index is 0.170. The van der Waals surface area contributed by atoms with Crippen LogP contribution >= 0.6 is 0 Å². The lowest BCUT2D eigenvalue weighted by Gasteiger charge is -2.06. The fourth-order valence-corrected chi connectivity index (χ4v) is 1.58. The highest BCUT2D eigenvalue weighted by Gasteiger charge is 2.10. The first-order chi connectivity index (χ1) is 9.70. The Morgan fingerprint density at radius 1 is 1.35 bits per heavy atom. The number of nitrogens with one attached hydrogen (secondary N) is 1. The fourth-order valence-electron chi connectivity index (χ4n) is 1.58. The molecule has 3 N–H and O–H groups in total. The number of carbonyl (C=O) groups excluding carboxylic acids is 1. The molecule has 0 bridgehead atoms. The zero-order chi connectivity index (χ0) is 14.4. The van der Waals surface area contributed by atoms with E-state index >= 15 is 0 Å². The maximum Gasteiger partial charge on any atom is 0.267 e. The Balaban J connectivity index is 2.24. The molecule has 2 rings (SSSR count). The first-order valence-electron chi connectivity index (χ1n) is 5.92. The zero-order valence-corrected chi connectivity index (χ0v) is 10.6. The highest BCUT2D eigenvalue weighted by atomic mass is 16.1. The van der Waals surface area contributed by atoms with Gasteiger partial charge < -0.3 is 11.1 Å². The largest absolute Gasteiger partial charge is 0.364 e. The zero-order valence-electron chi connectivity index (χ0n) is 10.6. The number of hydrogen-bond acceptors (Lipinski definition) is 5. The predicted octanol–water partition coefficient (Wildman–Crippen LogP) is 1.71. The quantitative estimate of drug-likeness (QED) is 0.805. The normalized spacial score (nSPS) is 12.2. The van der Waals surface area contributed by atoms with Crippen molar-refractivity contribution in [1.82, 2.24) is 9.97 Å². The lowest BCUT2D eigenvalue weighted by Crippen LogP contribution is -2.15. The standard InChI is InChI=1S/C14H13N5O/c15-7-10(8-18-11-3-2-6-17-9-11)12-4-1-5-13(19-12)14(16)20/h1-10,15H,(H2,16,20). The van der Waals surface area contributed by atoms with Crippen molar-refractivity contribution in [2.75, 3.05) is 0 Å². The van der Waals surface area contributed by atoms with Crippen LogP contribution < -0.4 is 5.73 Å². The SMILES string of the molecule is N=CC(C=Nc1cccnc1)c1cccc(C(N)=O)n1. The molecule has 0 aliphatic carbocycles. The van der Waals surface area contributed by atoms with Gasteiger partial charge in [-0.2, -0.15) is 0 Å². The van der Waals surface area contributed by atoms with Crippen LogP contribution in [0.25, 0.3) is 0 Å². The van der Waals surface area contributed by atoms with E-state index in [2.05, 4.69) is 15.0 Å². The summed E-state index contributed by atoms with van der Waals surface area (Å²) in [5, 5.41) is 7.45. The van der Waals surface area contributed by atoms with E-state index in [9.17, 15) is 4.79 Å². The molecule has 0 saturated heterocycles. The molecule has 6 heteroatoms. The van der Waals surface area contributed by atoms with E-state index in [1.807, 2.05) is 0 Å². The minimum atomic E-state index is -0.597. The summed E-state index contributed by atoms with van der Waals surface area (Å²) >= 11 is 0. The molecule has 0 saturated carbocycles. The summed E-state index contributed by atoms with van der Waals surface area (Å²) in [4.78, 5) is 23.4. The summed E-state index contributed by atoms with van der Waals surface area (Å²) < 4.78 is 0. The van der Waals surface area contributed by atoms with Gasteiger partial charge in [-0.1, -0.05) is 6.07 Å². The van der Waals surface area contributed by atoms with E-state index in [0.717, 1.165) is 0 Å². The van der Waals surface area contributed by atoms with Crippen LogP contribution in [0, 0.1) is 5.41 Å². The van der Waals surface area contributed by atoms with Gasteiger partial charge >= 0.3 is 0 Å². The molecule has 0 spiro atoms. The van der Waals surface area contributed by atoms with Crippen molar-refractivity contribution < 1.29 is 4.79 Å². The van der Waals surface area contributed by atoms with Gasteiger partial charge in [0.2, 0.25) is 0 Å². The minimum Gasteiger partial charge on any atom is -0.364 e. The summed E-state index contributed by atoms with van der Waals surface area (Å²) in [5.41, 5.74) is 6.59. The molecule has 1 atom stereocenters. The van der Waals surface area contributed by atoms with Crippen molar-refractivity contribution in [3.05, 3.63) is 54.1 Å². The molecule has 20 heavy (non-hydrogen) atoms. The van der Waals surface area contributed by atoms with Crippen LogP contribution in [0.5, 0.6) is 0 Å². The number of pyridine rings is 2. The fraction of sp³-hybridized carbons (Fsp3) is 0.0714. The van der Waals surface area contributed by atoms with E-state index < -0.39 is 11.8 Å². The van der Waals surface area contributed by atoms with Gasteiger partial charge in [0, 0.05) is 18.6 Å². The second-order valence-corrected chi connectivity index (χ2v) is 3.99. The highest BCUT2D eigenvalue weighted by molar-refractivity contribution is 5.92. The molecular formula is C14H13N5O. The van der Waals surface area contributed by atoms with Crippen molar-refractivity contribution in [1.29, 1.82) is 5.41 Å². The Morgan fingerprint density at radius 2 is 2.20 bits per heavy atom. The first kappa shape index (κ1) is 13.5. The number of hydrogen-bond donors (Lipinski definition) is 2. The van der Waals surface area contributed by atoms with Crippen LogP contribution in [-0.4, -0.2) is 28.3 Å².